The SMILES string of the molecule is COCCCCc1c(C(=O)N(CC(C)C)[C@H]2C[C@@H](C(=O)N3CCOCC3)CN(C(=O)O)C2C(C)(C)C)nnn1-c1ccc2c(c1)CCC2. The summed E-state index contributed by atoms with van der Waals surface area (Å²) in [5, 5.41) is 19.7. The predicted molar refractivity (Wildman–Crippen MR) is 181 cm³/mol. The first-order chi connectivity index (χ1) is 22.9. The van der Waals surface area contributed by atoms with Crippen molar-refractivity contribution in [3.8, 4) is 5.69 Å². The molecule has 0 bridgehead atoms. The molecule has 0 radical (unpaired) electrons. The Morgan fingerprint density at radius 2 is 1.83 bits per heavy atom. The van der Waals surface area contributed by atoms with Crippen molar-refractivity contribution in [3.05, 3.63) is 40.7 Å². The largest absolute Gasteiger partial charge is 0.465 e. The van der Waals surface area contributed by atoms with E-state index in [1.807, 2.05) is 44.2 Å². The highest BCUT2D eigenvalue weighted by molar-refractivity contribution is 5.94. The van der Waals surface area contributed by atoms with Gasteiger partial charge in [-0.25, -0.2) is 9.48 Å². The van der Waals surface area contributed by atoms with Crippen molar-refractivity contribution in [1.82, 2.24) is 29.7 Å². The molecule has 3 aliphatic rings. The number of hydrogen-bond donors (Lipinski definition) is 1. The molecule has 3 amide bonds. The lowest BCUT2D eigenvalue weighted by atomic mass is 9.74. The number of likely N-dealkylation sites (tertiary alicyclic amines) is 1. The number of hydrogen-bond acceptors (Lipinski definition) is 7. The zero-order valence-electron chi connectivity index (χ0n) is 29.6. The number of carbonyl (C=O) groups excluding carboxylic acids is 2. The van der Waals surface area contributed by atoms with E-state index < -0.39 is 29.5 Å². The number of morpholine rings is 1. The third-order valence-electron chi connectivity index (χ3n) is 9.98. The highest BCUT2D eigenvalue weighted by Crippen LogP contribution is 2.39. The van der Waals surface area contributed by atoms with Crippen LogP contribution in [0.5, 0.6) is 0 Å². The maximum Gasteiger partial charge on any atom is 0.407 e. The van der Waals surface area contributed by atoms with Crippen LogP contribution in [0.2, 0.25) is 0 Å². The summed E-state index contributed by atoms with van der Waals surface area (Å²) in [5.41, 5.74) is 4.05. The molecule has 0 spiro atoms. The van der Waals surface area contributed by atoms with E-state index in [0.717, 1.165) is 43.5 Å². The van der Waals surface area contributed by atoms with Crippen LogP contribution in [0, 0.1) is 17.3 Å². The minimum Gasteiger partial charge on any atom is -0.465 e. The van der Waals surface area contributed by atoms with Crippen LogP contribution in [0.15, 0.2) is 18.2 Å². The highest BCUT2D eigenvalue weighted by Gasteiger charge is 2.50. The minimum atomic E-state index is -1.09. The number of piperidine rings is 1. The van der Waals surface area contributed by atoms with E-state index in [9.17, 15) is 19.5 Å². The van der Waals surface area contributed by atoms with E-state index in [2.05, 4.69) is 28.5 Å². The van der Waals surface area contributed by atoms with Crippen molar-refractivity contribution in [2.45, 2.75) is 91.6 Å². The van der Waals surface area contributed by atoms with E-state index in [0.29, 0.717) is 52.3 Å². The topological polar surface area (TPSA) is 130 Å². The second-order valence-electron chi connectivity index (χ2n) is 15.1. The lowest BCUT2D eigenvalue weighted by molar-refractivity contribution is -0.144. The van der Waals surface area contributed by atoms with Gasteiger partial charge in [0.05, 0.1) is 42.6 Å². The number of rotatable bonds is 11. The zero-order valence-corrected chi connectivity index (χ0v) is 29.6. The lowest BCUT2D eigenvalue weighted by Crippen LogP contribution is -2.66. The summed E-state index contributed by atoms with van der Waals surface area (Å²) in [7, 11) is 1.68. The Hall–Kier alpha value is -3.51. The Bertz CT molecular complexity index is 1440. The van der Waals surface area contributed by atoms with Crippen molar-refractivity contribution in [3.63, 3.8) is 0 Å². The molecular weight excluding hydrogens is 612 g/mol. The van der Waals surface area contributed by atoms with E-state index in [4.69, 9.17) is 9.47 Å². The van der Waals surface area contributed by atoms with Crippen LogP contribution < -0.4 is 0 Å². The van der Waals surface area contributed by atoms with Gasteiger partial charge < -0.3 is 29.3 Å². The van der Waals surface area contributed by atoms with Crippen LogP contribution in [0.1, 0.15) is 87.6 Å². The molecule has 12 nitrogen and oxygen atoms in total. The Morgan fingerprint density at radius 1 is 1.10 bits per heavy atom. The minimum absolute atomic E-state index is 0.0831. The molecule has 1 aromatic carbocycles. The Labute approximate surface area is 284 Å². The second kappa shape index (κ2) is 15.4. The van der Waals surface area contributed by atoms with Gasteiger partial charge in [0, 0.05) is 39.9 Å². The number of carboxylic acid groups (broad SMARTS) is 1. The van der Waals surface area contributed by atoms with Crippen LogP contribution >= 0.6 is 0 Å². The molecule has 5 rings (SSSR count). The maximum atomic E-state index is 15.0. The smallest absolute Gasteiger partial charge is 0.407 e. The number of ether oxygens (including phenoxy) is 2. The summed E-state index contributed by atoms with van der Waals surface area (Å²) in [5.74, 6) is -0.858. The molecule has 1 N–H and O–H groups in total. The van der Waals surface area contributed by atoms with E-state index >= 15 is 0 Å². The molecule has 2 aliphatic heterocycles. The Kier molecular flexibility index (Phi) is 11.5. The first kappa shape index (κ1) is 35.8. The fourth-order valence-electron chi connectivity index (χ4n) is 7.84. The van der Waals surface area contributed by atoms with Crippen molar-refractivity contribution >= 4 is 17.9 Å². The molecule has 1 unspecified atom stereocenters. The van der Waals surface area contributed by atoms with Crippen molar-refractivity contribution in [2.75, 3.05) is 53.1 Å². The van der Waals surface area contributed by atoms with Crippen molar-refractivity contribution in [1.29, 1.82) is 0 Å². The fraction of sp³-hybridized carbons (Fsp3) is 0.694. The van der Waals surface area contributed by atoms with Gasteiger partial charge in [-0.3, -0.25) is 9.59 Å². The Morgan fingerprint density at radius 3 is 2.50 bits per heavy atom. The second-order valence-corrected chi connectivity index (χ2v) is 15.1. The quantitative estimate of drug-likeness (QED) is 0.348. The molecule has 2 aromatic rings. The van der Waals surface area contributed by atoms with Gasteiger partial charge in [-0.15, -0.1) is 5.10 Å². The summed E-state index contributed by atoms with van der Waals surface area (Å²) in [6, 6.07) is 5.29. The van der Waals surface area contributed by atoms with Gasteiger partial charge in [-0.1, -0.05) is 45.9 Å². The van der Waals surface area contributed by atoms with Crippen LogP contribution in [0.3, 0.4) is 0 Å². The summed E-state index contributed by atoms with van der Waals surface area (Å²) in [4.78, 5) is 46.7. The van der Waals surface area contributed by atoms with Crippen molar-refractivity contribution < 1.29 is 29.0 Å². The third-order valence-corrected chi connectivity index (χ3v) is 9.98. The summed E-state index contributed by atoms with van der Waals surface area (Å²) >= 11 is 0. The molecule has 2 saturated heterocycles. The number of benzene rings is 1. The zero-order chi connectivity index (χ0) is 34.6. The normalized spacial score (nSPS) is 21.4. The molecule has 48 heavy (non-hydrogen) atoms. The predicted octanol–water partition coefficient (Wildman–Crippen LogP) is 4.47. The van der Waals surface area contributed by atoms with Crippen LogP contribution in [0.25, 0.3) is 5.69 Å². The van der Waals surface area contributed by atoms with E-state index in [-0.39, 0.29) is 30.0 Å². The van der Waals surface area contributed by atoms with Crippen LogP contribution in [-0.4, -0.2) is 118 Å². The highest BCUT2D eigenvalue weighted by atomic mass is 16.5. The van der Waals surface area contributed by atoms with E-state index in [1.165, 1.54) is 16.0 Å². The molecule has 3 heterocycles. The number of amides is 3. The monoisotopic (exact) mass is 666 g/mol. The molecule has 1 aliphatic carbocycles. The number of unbranched alkanes of at least 4 members (excludes halogenated alkanes) is 1. The molecule has 264 valence electrons. The molecule has 1 aromatic heterocycles. The first-order valence-electron chi connectivity index (χ1n) is 17.6. The average molecular weight is 667 g/mol. The van der Waals surface area contributed by atoms with Gasteiger partial charge in [0.15, 0.2) is 5.69 Å². The van der Waals surface area contributed by atoms with Gasteiger partial charge in [-0.05, 0) is 79.5 Å². The Balaban J connectivity index is 1.56. The number of aryl methyl sites for hydroxylation is 2. The number of carbonyl (C=O) groups is 3. The van der Waals surface area contributed by atoms with Gasteiger partial charge in [-0.2, -0.15) is 0 Å². The number of nitrogens with zero attached hydrogens (tertiary/aromatic N) is 6. The average Bonchev–Trinajstić information content (AvgIpc) is 3.71. The van der Waals surface area contributed by atoms with Gasteiger partial charge in [0.1, 0.15) is 0 Å². The number of aromatic nitrogens is 3. The van der Waals surface area contributed by atoms with Gasteiger partial charge >= 0.3 is 6.09 Å². The lowest BCUT2D eigenvalue weighted by Gasteiger charge is -2.52. The fourth-order valence-corrected chi connectivity index (χ4v) is 7.84. The number of methoxy groups -OCH3 is 1. The third kappa shape index (κ3) is 7.86. The standard InChI is InChI=1S/C36H54N6O6/c1-24(2)22-40(30-21-27(33(43)39-15-18-48-19-16-39)23-41(35(45)46)32(30)36(3,4)5)34(44)31-29(12-7-8-17-47-6)42(38-37-31)28-14-13-25-10-9-11-26(25)20-28/h13-14,20,24,27,30,32H,7-12,15-19,21-23H2,1-6H3,(H,45,46)/t27-,30+,32?/m1/s1. The van der Waals surface area contributed by atoms with Crippen molar-refractivity contribution in [2.24, 2.45) is 17.3 Å². The first-order valence-corrected chi connectivity index (χ1v) is 17.6. The maximum absolute atomic E-state index is 15.0. The summed E-state index contributed by atoms with van der Waals surface area (Å²) in [6.45, 7) is 13.1. The molecular formula is C36H54N6O6. The molecule has 3 atom stereocenters. The van der Waals surface area contributed by atoms with Crippen LogP contribution in [-0.2, 0) is 33.5 Å². The van der Waals surface area contributed by atoms with Gasteiger partial charge in [0.2, 0.25) is 5.91 Å². The van der Waals surface area contributed by atoms with E-state index in [1.54, 1.807) is 12.0 Å². The molecule has 2 fully saturated rings. The summed E-state index contributed by atoms with van der Waals surface area (Å²) < 4.78 is 12.6. The van der Waals surface area contributed by atoms with Crippen LogP contribution in [0.4, 0.5) is 4.79 Å². The molecule has 0 saturated carbocycles. The van der Waals surface area contributed by atoms with Gasteiger partial charge in [0.25, 0.3) is 5.91 Å². The number of fused-ring (bicyclic) bond motifs is 1. The molecule has 12 heteroatoms. The summed E-state index contributed by atoms with van der Waals surface area (Å²) in [6.07, 6.45) is 4.69.